The van der Waals surface area contributed by atoms with Crippen LogP contribution in [0.1, 0.15) is 131 Å². The summed E-state index contributed by atoms with van der Waals surface area (Å²) in [5.74, 6) is 1.64. The molecule has 3 rings (SSSR count). The van der Waals surface area contributed by atoms with E-state index in [4.69, 9.17) is 0 Å². The fourth-order valence-electron chi connectivity index (χ4n) is 5.55. The number of Topliss-reactive ketones (excluding diaryl/α,β-unsaturated/α-hetero) is 1. The number of rotatable bonds is 13. The Labute approximate surface area is 207 Å². The average molecular weight is 458 g/mol. The number of hydrogen-bond donors (Lipinski definition) is 0. The Bertz CT molecular complexity index is 928. The monoisotopic (exact) mass is 457 g/mol. The first kappa shape index (κ1) is 26.2. The molecule has 1 aliphatic carbocycles. The van der Waals surface area contributed by atoms with E-state index in [0.29, 0.717) is 12.3 Å². The standard InChI is InChI=1S/C32H43NO/c1-3-5-7-8-10-11-25-13-16-28(17-14-25)31-23-26(24-33)15-22-30(31)27-18-20-29(21-19-27)32(34)12-9-6-4-2/h15,18-23,25,28H,3-14,16-17H2,1-2H3. The minimum absolute atomic E-state index is 0.244. The molecular formula is C32H43NO. The number of carbonyl (C=O) groups is 1. The molecule has 2 nitrogen and oxygen atoms in total. The number of ketones is 1. The number of nitrogens with zero attached hydrogens (tertiary/aromatic N) is 1. The molecule has 2 aromatic carbocycles. The van der Waals surface area contributed by atoms with Gasteiger partial charge < -0.3 is 0 Å². The second-order valence-corrected chi connectivity index (χ2v) is 10.3. The molecule has 0 aliphatic heterocycles. The van der Waals surface area contributed by atoms with Crippen molar-refractivity contribution in [1.82, 2.24) is 0 Å². The van der Waals surface area contributed by atoms with Gasteiger partial charge >= 0.3 is 0 Å². The highest BCUT2D eigenvalue weighted by Crippen LogP contribution is 2.41. The molecule has 2 heteroatoms. The summed E-state index contributed by atoms with van der Waals surface area (Å²) in [6.45, 7) is 4.44. The predicted octanol–water partition coefficient (Wildman–Crippen LogP) is 9.62. The van der Waals surface area contributed by atoms with Crippen LogP contribution in [0.2, 0.25) is 0 Å². The lowest BCUT2D eigenvalue weighted by molar-refractivity contribution is 0.0979. The van der Waals surface area contributed by atoms with Crippen molar-refractivity contribution in [2.45, 2.75) is 110 Å². The Morgan fingerprint density at radius 1 is 0.853 bits per heavy atom. The van der Waals surface area contributed by atoms with Gasteiger partial charge in [0, 0.05) is 12.0 Å². The number of carbonyl (C=O) groups excluding carboxylic acids is 1. The zero-order valence-electron chi connectivity index (χ0n) is 21.5. The first-order valence-corrected chi connectivity index (χ1v) is 13.8. The van der Waals surface area contributed by atoms with E-state index in [1.54, 1.807) is 0 Å². The maximum atomic E-state index is 12.5. The van der Waals surface area contributed by atoms with Gasteiger partial charge in [-0.2, -0.15) is 5.26 Å². The molecular weight excluding hydrogens is 414 g/mol. The van der Waals surface area contributed by atoms with Crippen LogP contribution in [-0.4, -0.2) is 5.78 Å². The van der Waals surface area contributed by atoms with Crippen LogP contribution in [0.5, 0.6) is 0 Å². The quantitative estimate of drug-likeness (QED) is 0.222. The molecule has 0 heterocycles. The van der Waals surface area contributed by atoms with E-state index < -0.39 is 0 Å². The van der Waals surface area contributed by atoms with Crippen LogP contribution in [-0.2, 0) is 0 Å². The fraction of sp³-hybridized carbons (Fsp3) is 0.562. The van der Waals surface area contributed by atoms with Crippen LogP contribution >= 0.6 is 0 Å². The highest BCUT2D eigenvalue weighted by atomic mass is 16.1. The minimum atomic E-state index is 0.244. The summed E-state index contributed by atoms with van der Waals surface area (Å²) in [5, 5.41) is 9.52. The lowest BCUT2D eigenvalue weighted by atomic mass is 9.75. The van der Waals surface area contributed by atoms with Crippen molar-refractivity contribution in [3.63, 3.8) is 0 Å². The molecule has 0 radical (unpaired) electrons. The fourth-order valence-corrected chi connectivity index (χ4v) is 5.55. The van der Waals surface area contributed by atoms with Gasteiger partial charge in [0.1, 0.15) is 0 Å². The van der Waals surface area contributed by atoms with Gasteiger partial charge in [-0.3, -0.25) is 4.79 Å². The van der Waals surface area contributed by atoms with E-state index in [1.165, 1.54) is 75.3 Å². The van der Waals surface area contributed by atoms with Crippen molar-refractivity contribution in [3.05, 3.63) is 59.2 Å². The van der Waals surface area contributed by atoms with Crippen LogP contribution in [0.3, 0.4) is 0 Å². The minimum Gasteiger partial charge on any atom is -0.294 e. The summed E-state index contributed by atoms with van der Waals surface area (Å²) in [6.07, 6.45) is 17.1. The third kappa shape index (κ3) is 7.56. The summed E-state index contributed by atoms with van der Waals surface area (Å²) < 4.78 is 0. The summed E-state index contributed by atoms with van der Waals surface area (Å²) in [7, 11) is 0. The zero-order valence-corrected chi connectivity index (χ0v) is 21.5. The van der Waals surface area contributed by atoms with E-state index in [9.17, 15) is 10.1 Å². The number of hydrogen-bond acceptors (Lipinski definition) is 2. The maximum absolute atomic E-state index is 12.5. The highest BCUT2D eigenvalue weighted by Gasteiger charge is 2.24. The molecule has 0 unspecified atom stereocenters. The summed E-state index contributed by atoms with van der Waals surface area (Å²) in [5.41, 5.74) is 5.27. The van der Waals surface area contributed by atoms with Gasteiger partial charge in [-0.15, -0.1) is 0 Å². The Morgan fingerprint density at radius 2 is 1.53 bits per heavy atom. The smallest absolute Gasteiger partial charge is 0.162 e. The molecule has 34 heavy (non-hydrogen) atoms. The molecule has 1 fully saturated rings. The van der Waals surface area contributed by atoms with Crippen LogP contribution < -0.4 is 0 Å². The topological polar surface area (TPSA) is 40.9 Å². The molecule has 1 aliphatic rings. The van der Waals surface area contributed by atoms with Gasteiger partial charge in [-0.05, 0) is 72.8 Å². The van der Waals surface area contributed by atoms with Crippen LogP contribution in [0.25, 0.3) is 11.1 Å². The van der Waals surface area contributed by atoms with Crippen LogP contribution in [0, 0.1) is 17.2 Å². The van der Waals surface area contributed by atoms with Crippen molar-refractivity contribution in [2.75, 3.05) is 0 Å². The van der Waals surface area contributed by atoms with Gasteiger partial charge in [-0.1, -0.05) is 95.5 Å². The molecule has 0 bridgehead atoms. The lowest BCUT2D eigenvalue weighted by Gasteiger charge is -2.30. The molecule has 0 saturated heterocycles. The van der Waals surface area contributed by atoms with E-state index in [1.807, 2.05) is 18.2 Å². The Balaban J connectivity index is 1.67. The molecule has 1 saturated carbocycles. The zero-order chi connectivity index (χ0) is 24.2. The van der Waals surface area contributed by atoms with Crippen molar-refractivity contribution in [3.8, 4) is 17.2 Å². The van der Waals surface area contributed by atoms with Crippen molar-refractivity contribution in [1.29, 1.82) is 5.26 Å². The van der Waals surface area contributed by atoms with Crippen molar-refractivity contribution >= 4 is 5.78 Å². The molecule has 0 atom stereocenters. The van der Waals surface area contributed by atoms with Crippen LogP contribution in [0.15, 0.2) is 42.5 Å². The number of unbranched alkanes of at least 4 members (excludes halogenated alkanes) is 6. The van der Waals surface area contributed by atoms with E-state index in [2.05, 4.69) is 44.2 Å². The summed E-state index contributed by atoms with van der Waals surface area (Å²) in [4.78, 5) is 12.5. The first-order valence-electron chi connectivity index (χ1n) is 13.8. The largest absolute Gasteiger partial charge is 0.294 e. The van der Waals surface area contributed by atoms with Crippen molar-refractivity contribution < 1.29 is 4.79 Å². The van der Waals surface area contributed by atoms with Gasteiger partial charge in [0.15, 0.2) is 5.78 Å². The second-order valence-electron chi connectivity index (χ2n) is 10.3. The third-order valence-electron chi connectivity index (χ3n) is 7.71. The first-order chi connectivity index (χ1) is 16.7. The normalized spacial score (nSPS) is 17.9. The van der Waals surface area contributed by atoms with Gasteiger partial charge in [-0.25, -0.2) is 0 Å². The van der Waals surface area contributed by atoms with Gasteiger partial charge in [0.25, 0.3) is 0 Å². The molecule has 0 N–H and O–H groups in total. The number of nitriles is 1. The Kier molecular flexibility index (Phi) is 10.9. The second kappa shape index (κ2) is 14.1. The molecule has 0 aromatic heterocycles. The Hall–Kier alpha value is -2.40. The third-order valence-corrected chi connectivity index (χ3v) is 7.71. The molecule has 0 spiro atoms. The maximum Gasteiger partial charge on any atom is 0.162 e. The van der Waals surface area contributed by atoms with Gasteiger partial charge in [0.05, 0.1) is 11.6 Å². The highest BCUT2D eigenvalue weighted by molar-refractivity contribution is 5.96. The number of benzene rings is 2. The van der Waals surface area contributed by atoms with E-state index >= 15 is 0 Å². The van der Waals surface area contributed by atoms with E-state index in [-0.39, 0.29) is 5.78 Å². The average Bonchev–Trinajstić information content (AvgIpc) is 2.89. The molecule has 0 amide bonds. The SMILES string of the molecule is CCCCCCCC1CCC(c2cc(C#N)ccc2-c2ccc(C(=O)CCCCC)cc2)CC1. The Morgan fingerprint density at radius 3 is 2.21 bits per heavy atom. The van der Waals surface area contributed by atoms with Crippen LogP contribution in [0.4, 0.5) is 0 Å². The summed E-state index contributed by atoms with van der Waals surface area (Å²) in [6, 6.07) is 16.7. The summed E-state index contributed by atoms with van der Waals surface area (Å²) >= 11 is 0. The molecule has 2 aromatic rings. The predicted molar refractivity (Wildman–Crippen MR) is 143 cm³/mol. The lowest BCUT2D eigenvalue weighted by Crippen LogP contribution is -2.14. The van der Waals surface area contributed by atoms with E-state index in [0.717, 1.165) is 41.9 Å². The van der Waals surface area contributed by atoms with Crippen molar-refractivity contribution in [2.24, 2.45) is 5.92 Å². The van der Waals surface area contributed by atoms with Gasteiger partial charge in [0.2, 0.25) is 0 Å². The molecule has 182 valence electrons.